The first kappa shape index (κ1) is 12.5. The molecule has 17 heavy (non-hydrogen) atoms. The van der Waals surface area contributed by atoms with E-state index in [0.29, 0.717) is 5.25 Å². The lowest BCUT2D eigenvalue weighted by Gasteiger charge is -2.03. The molecule has 1 aromatic heterocycles. The van der Waals surface area contributed by atoms with Gasteiger partial charge in [0.15, 0.2) is 0 Å². The van der Waals surface area contributed by atoms with Gasteiger partial charge in [-0.05, 0) is 11.6 Å². The van der Waals surface area contributed by atoms with Gasteiger partial charge in [-0.25, -0.2) is 0 Å². The van der Waals surface area contributed by atoms with Gasteiger partial charge in [0.1, 0.15) is 9.96 Å². The molecule has 0 atom stereocenters. The minimum Gasteiger partial charge on any atom is -0.495 e. The van der Waals surface area contributed by atoms with Gasteiger partial charge in [-0.3, -0.25) is 0 Å². The highest BCUT2D eigenvalue weighted by molar-refractivity contribution is 8.01. The van der Waals surface area contributed by atoms with Crippen molar-refractivity contribution in [3.05, 3.63) is 36.4 Å². The number of thioether (sulfide) groups is 1. The predicted octanol–water partition coefficient (Wildman–Crippen LogP) is 4.92. The van der Waals surface area contributed by atoms with Gasteiger partial charge in [0.05, 0.1) is 7.11 Å². The van der Waals surface area contributed by atoms with E-state index < -0.39 is 0 Å². The van der Waals surface area contributed by atoms with Crippen LogP contribution in [0.25, 0.3) is 10.4 Å². The van der Waals surface area contributed by atoms with Gasteiger partial charge in [0.2, 0.25) is 0 Å². The second-order valence-corrected chi connectivity index (χ2v) is 6.90. The Morgan fingerprint density at radius 2 is 1.88 bits per heavy atom. The number of thiophene rings is 1. The molecule has 0 bridgehead atoms. The van der Waals surface area contributed by atoms with Crippen LogP contribution in [-0.2, 0) is 0 Å². The summed E-state index contributed by atoms with van der Waals surface area (Å²) in [5.74, 6) is 0.993. The fraction of sp³-hybridized carbons (Fsp3) is 0.286. The molecule has 1 nitrogen and oxygen atoms in total. The minimum atomic E-state index is 0.575. The van der Waals surface area contributed by atoms with Crippen molar-refractivity contribution in [1.29, 1.82) is 0 Å². The smallest absolute Gasteiger partial charge is 0.143 e. The average Bonchev–Trinajstić information content (AvgIpc) is 2.72. The Morgan fingerprint density at radius 1 is 1.18 bits per heavy atom. The molecule has 90 valence electrons. The summed E-state index contributed by atoms with van der Waals surface area (Å²) in [6.45, 7) is 4.40. The molecule has 0 radical (unpaired) electrons. The molecular weight excluding hydrogens is 248 g/mol. The Morgan fingerprint density at radius 3 is 2.47 bits per heavy atom. The average molecular weight is 264 g/mol. The lowest BCUT2D eigenvalue weighted by atomic mass is 10.2. The molecule has 0 aliphatic heterocycles. The fourth-order valence-electron chi connectivity index (χ4n) is 1.54. The molecule has 1 aromatic carbocycles. The third-order valence-corrected chi connectivity index (χ3v) is 4.67. The van der Waals surface area contributed by atoms with Gasteiger partial charge in [-0.15, -0.1) is 23.1 Å². The van der Waals surface area contributed by atoms with E-state index in [2.05, 4.69) is 44.2 Å². The fourth-order valence-corrected chi connectivity index (χ4v) is 4.13. The Balaban J connectivity index is 2.34. The molecule has 0 aliphatic rings. The zero-order valence-corrected chi connectivity index (χ0v) is 11.9. The summed E-state index contributed by atoms with van der Waals surface area (Å²) in [4.78, 5) is 1.27. The van der Waals surface area contributed by atoms with E-state index in [-0.39, 0.29) is 0 Å². The first-order chi connectivity index (χ1) is 8.20. The molecule has 0 aliphatic carbocycles. The third-order valence-electron chi connectivity index (χ3n) is 2.29. The molecule has 0 fully saturated rings. The second-order valence-electron chi connectivity index (χ2n) is 4.00. The van der Waals surface area contributed by atoms with Crippen LogP contribution in [0.3, 0.4) is 0 Å². The molecule has 0 amide bonds. The van der Waals surface area contributed by atoms with Crippen LogP contribution in [0.1, 0.15) is 13.8 Å². The lowest BCUT2D eigenvalue weighted by Crippen LogP contribution is -1.86. The van der Waals surface area contributed by atoms with Gasteiger partial charge in [-0.1, -0.05) is 44.2 Å². The zero-order valence-electron chi connectivity index (χ0n) is 10.3. The van der Waals surface area contributed by atoms with Gasteiger partial charge in [0.25, 0.3) is 0 Å². The van der Waals surface area contributed by atoms with Crippen LogP contribution in [-0.4, -0.2) is 12.4 Å². The first-order valence-electron chi connectivity index (χ1n) is 5.60. The second kappa shape index (κ2) is 5.61. The van der Waals surface area contributed by atoms with E-state index in [1.54, 1.807) is 18.4 Å². The van der Waals surface area contributed by atoms with Crippen LogP contribution in [0.2, 0.25) is 0 Å². The number of benzene rings is 1. The molecule has 0 saturated heterocycles. The largest absolute Gasteiger partial charge is 0.495 e. The molecule has 0 N–H and O–H groups in total. The summed E-state index contributed by atoms with van der Waals surface area (Å²) in [5, 5.41) is 0.575. The van der Waals surface area contributed by atoms with Crippen LogP contribution in [0, 0.1) is 0 Å². The predicted molar refractivity (Wildman–Crippen MR) is 77.3 cm³/mol. The van der Waals surface area contributed by atoms with Crippen LogP contribution in [0.4, 0.5) is 0 Å². The summed E-state index contributed by atoms with van der Waals surface area (Å²) in [6, 6.07) is 12.6. The maximum Gasteiger partial charge on any atom is 0.143 e. The molecular formula is C14H16OS2. The van der Waals surface area contributed by atoms with Crippen molar-refractivity contribution in [2.24, 2.45) is 0 Å². The summed E-state index contributed by atoms with van der Waals surface area (Å²) in [7, 11) is 1.74. The lowest BCUT2D eigenvalue weighted by molar-refractivity contribution is 0.408. The number of rotatable bonds is 4. The maximum absolute atomic E-state index is 5.44. The number of hydrogen-bond acceptors (Lipinski definition) is 3. The Kier molecular flexibility index (Phi) is 4.13. The highest BCUT2D eigenvalue weighted by Crippen LogP contribution is 2.43. The molecule has 0 spiro atoms. The van der Waals surface area contributed by atoms with Gasteiger partial charge in [0, 0.05) is 10.1 Å². The van der Waals surface area contributed by atoms with Crippen molar-refractivity contribution < 1.29 is 4.74 Å². The first-order valence-corrected chi connectivity index (χ1v) is 7.30. The van der Waals surface area contributed by atoms with E-state index in [1.165, 1.54) is 14.6 Å². The van der Waals surface area contributed by atoms with Crippen molar-refractivity contribution in [2.75, 3.05) is 7.11 Å². The van der Waals surface area contributed by atoms with Crippen LogP contribution in [0.5, 0.6) is 5.75 Å². The molecule has 1 heterocycles. The number of methoxy groups -OCH3 is 1. The number of ether oxygens (including phenoxy) is 1. The summed E-state index contributed by atoms with van der Waals surface area (Å²) >= 11 is 3.66. The van der Waals surface area contributed by atoms with Crippen molar-refractivity contribution in [1.82, 2.24) is 0 Å². The Bertz CT molecular complexity index is 474. The molecule has 0 saturated carbocycles. The Labute approximate surface area is 111 Å². The maximum atomic E-state index is 5.44. The Hall–Kier alpha value is -0.930. The van der Waals surface area contributed by atoms with E-state index in [1.807, 2.05) is 17.8 Å². The van der Waals surface area contributed by atoms with Crippen molar-refractivity contribution in [2.45, 2.75) is 23.3 Å². The monoisotopic (exact) mass is 264 g/mol. The van der Waals surface area contributed by atoms with Crippen molar-refractivity contribution in [3.8, 4) is 16.2 Å². The van der Waals surface area contributed by atoms with Crippen molar-refractivity contribution in [3.63, 3.8) is 0 Å². The van der Waals surface area contributed by atoms with E-state index >= 15 is 0 Å². The SMILES string of the molecule is COc1cc(-c2ccccc2)sc1SC(C)C. The highest BCUT2D eigenvalue weighted by atomic mass is 32.2. The van der Waals surface area contributed by atoms with Gasteiger partial charge >= 0.3 is 0 Å². The van der Waals surface area contributed by atoms with Crippen LogP contribution >= 0.6 is 23.1 Å². The van der Waals surface area contributed by atoms with E-state index in [9.17, 15) is 0 Å². The third kappa shape index (κ3) is 3.05. The molecule has 3 heteroatoms. The minimum absolute atomic E-state index is 0.575. The van der Waals surface area contributed by atoms with Crippen LogP contribution in [0.15, 0.2) is 40.6 Å². The quantitative estimate of drug-likeness (QED) is 0.725. The highest BCUT2D eigenvalue weighted by Gasteiger charge is 2.12. The normalized spacial score (nSPS) is 10.8. The summed E-state index contributed by atoms with van der Waals surface area (Å²) in [5.41, 5.74) is 1.26. The zero-order chi connectivity index (χ0) is 12.3. The molecule has 0 unspecified atom stereocenters. The topological polar surface area (TPSA) is 9.23 Å². The van der Waals surface area contributed by atoms with Crippen molar-refractivity contribution >= 4 is 23.1 Å². The summed E-state index contributed by atoms with van der Waals surface area (Å²) in [6.07, 6.45) is 0. The molecule has 2 rings (SSSR count). The summed E-state index contributed by atoms with van der Waals surface area (Å²) < 4.78 is 6.70. The van der Waals surface area contributed by atoms with Crippen LogP contribution < -0.4 is 4.74 Å². The standard InChI is InChI=1S/C14H16OS2/c1-10(2)16-14-12(15-3)9-13(17-14)11-7-5-4-6-8-11/h4-10H,1-3H3. The molecule has 2 aromatic rings. The van der Waals surface area contributed by atoms with E-state index in [0.717, 1.165) is 5.75 Å². The van der Waals surface area contributed by atoms with E-state index in [4.69, 9.17) is 4.74 Å². The van der Waals surface area contributed by atoms with Gasteiger partial charge in [-0.2, -0.15) is 0 Å². The van der Waals surface area contributed by atoms with Gasteiger partial charge < -0.3 is 4.74 Å². The number of hydrogen-bond donors (Lipinski definition) is 0.